The van der Waals surface area contributed by atoms with Crippen LogP contribution in [0.15, 0.2) is 23.7 Å². The molecule has 1 aromatic heterocycles. The average Bonchev–Trinajstić information content (AvgIpc) is 2.77. The fourth-order valence-corrected chi connectivity index (χ4v) is 2.82. The molecule has 0 atom stereocenters. The molecular formula is C13H12INO3S. The van der Waals surface area contributed by atoms with Crippen molar-refractivity contribution in [2.45, 2.75) is 13.3 Å². The van der Waals surface area contributed by atoms with Crippen LogP contribution in [0.4, 0.5) is 0 Å². The molecule has 1 N–H and O–H groups in total. The number of aromatic carboxylic acids is 1. The standard InChI is InChI=1S/C13H12INO3S/c1-8-12(19-7-15-8)4-5-18-11-6-9(13(16)17)2-3-10(11)14/h2-3,6-7H,4-5H2,1H3,(H,16,17). The quantitative estimate of drug-likeness (QED) is 0.797. The normalized spacial score (nSPS) is 10.4. The maximum atomic E-state index is 10.9. The Hall–Kier alpha value is -1.15. The minimum Gasteiger partial charge on any atom is -0.492 e. The van der Waals surface area contributed by atoms with E-state index < -0.39 is 5.97 Å². The van der Waals surface area contributed by atoms with Gasteiger partial charge in [0.1, 0.15) is 5.75 Å². The van der Waals surface area contributed by atoms with Gasteiger partial charge in [-0.15, -0.1) is 11.3 Å². The molecule has 0 aliphatic heterocycles. The summed E-state index contributed by atoms with van der Waals surface area (Å²) in [6, 6.07) is 4.88. The van der Waals surface area contributed by atoms with Crippen LogP contribution in [0.25, 0.3) is 0 Å². The summed E-state index contributed by atoms with van der Waals surface area (Å²) >= 11 is 3.74. The van der Waals surface area contributed by atoms with E-state index in [1.54, 1.807) is 29.5 Å². The van der Waals surface area contributed by atoms with Gasteiger partial charge in [-0.1, -0.05) is 0 Å². The van der Waals surface area contributed by atoms with Crippen molar-refractivity contribution < 1.29 is 14.6 Å². The first-order valence-electron chi connectivity index (χ1n) is 5.62. The van der Waals surface area contributed by atoms with E-state index >= 15 is 0 Å². The number of aromatic nitrogens is 1. The molecule has 0 fully saturated rings. The van der Waals surface area contributed by atoms with E-state index in [0.29, 0.717) is 12.4 Å². The van der Waals surface area contributed by atoms with Gasteiger partial charge in [-0.05, 0) is 47.7 Å². The zero-order valence-electron chi connectivity index (χ0n) is 10.2. The van der Waals surface area contributed by atoms with Gasteiger partial charge in [0.05, 0.1) is 26.9 Å². The van der Waals surface area contributed by atoms with E-state index in [9.17, 15) is 4.79 Å². The number of carboxylic acids is 1. The lowest BCUT2D eigenvalue weighted by molar-refractivity contribution is 0.0696. The van der Waals surface area contributed by atoms with Gasteiger partial charge in [0.25, 0.3) is 0 Å². The first-order chi connectivity index (χ1) is 9.08. The van der Waals surface area contributed by atoms with Crippen LogP contribution >= 0.6 is 33.9 Å². The van der Waals surface area contributed by atoms with Crippen molar-refractivity contribution in [3.63, 3.8) is 0 Å². The lowest BCUT2D eigenvalue weighted by Crippen LogP contribution is -2.04. The first-order valence-corrected chi connectivity index (χ1v) is 7.58. The van der Waals surface area contributed by atoms with Crippen molar-refractivity contribution in [2.24, 2.45) is 0 Å². The Kier molecular flexibility index (Phi) is 4.76. The van der Waals surface area contributed by atoms with Crippen molar-refractivity contribution >= 4 is 39.9 Å². The summed E-state index contributed by atoms with van der Waals surface area (Å²) < 4.78 is 6.57. The van der Waals surface area contributed by atoms with Crippen LogP contribution in [-0.2, 0) is 6.42 Å². The molecule has 2 rings (SSSR count). The second kappa shape index (κ2) is 6.33. The lowest BCUT2D eigenvalue weighted by atomic mass is 10.2. The number of carboxylic acid groups (broad SMARTS) is 1. The van der Waals surface area contributed by atoms with Crippen LogP contribution in [0.1, 0.15) is 20.9 Å². The predicted molar refractivity (Wildman–Crippen MR) is 82.2 cm³/mol. The Morgan fingerprint density at radius 1 is 1.53 bits per heavy atom. The molecule has 0 bridgehead atoms. The number of nitrogens with zero attached hydrogens (tertiary/aromatic N) is 1. The highest BCUT2D eigenvalue weighted by molar-refractivity contribution is 14.1. The summed E-state index contributed by atoms with van der Waals surface area (Å²) in [6.45, 7) is 2.49. The van der Waals surface area contributed by atoms with Crippen LogP contribution in [0.5, 0.6) is 5.75 Å². The number of aryl methyl sites for hydroxylation is 1. The molecule has 0 radical (unpaired) electrons. The van der Waals surface area contributed by atoms with Crippen LogP contribution in [0.2, 0.25) is 0 Å². The van der Waals surface area contributed by atoms with Crippen LogP contribution in [0, 0.1) is 10.5 Å². The Labute approximate surface area is 128 Å². The highest BCUT2D eigenvalue weighted by atomic mass is 127. The van der Waals surface area contributed by atoms with Gasteiger partial charge in [0.2, 0.25) is 0 Å². The number of ether oxygens (including phenoxy) is 1. The largest absolute Gasteiger partial charge is 0.492 e. The first kappa shape index (κ1) is 14.3. The van der Waals surface area contributed by atoms with Crippen molar-refractivity contribution in [1.29, 1.82) is 0 Å². The van der Waals surface area contributed by atoms with E-state index in [1.165, 1.54) is 4.88 Å². The third-order valence-electron chi connectivity index (χ3n) is 2.61. The van der Waals surface area contributed by atoms with E-state index in [2.05, 4.69) is 27.6 Å². The molecule has 2 aromatic rings. The summed E-state index contributed by atoms with van der Waals surface area (Å²) in [5.74, 6) is -0.331. The number of carbonyl (C=O) groups is 1. The Bertz CT molecular complexity index is 597. The second-order valence-electron chi connectivity index (χ2n) is 3.91. The Balaban J connectivity index is 2.01. The van der Waals surface area contributed by atoms with E-state index in [1.807, 2.05) is 12.4 Å². The third kappa shape index (κ3) is 3.66. The molecule has 0 amide bonds. The second-order valence-corrected chi connectivity index (χ2v) is 6.01. The van der Waals surface area contributed by atoms with E-state index in [0.717, 1.165) is 15.7 Å². The van der Waals surface area contributed by atoms with Gasteiger partial charge in [-0.2, -0.15) is 0 Å². The fraction of sp³-hybridized carbons (Fsp3) is 0.231. The molecule has 1 aromatic carbocycles. The van der Waals surface area contributed by atoms with Crippen molar-refractivity contribution in [3.8, 4) is 5.75 Å². The van der Waals surface area contributed by atoms with Gasteiger partial charge in [0, 0.05) is 11.3 Å². The highest BCUT2D eigenvalue weighted by Gasteiger charge is 2.08. The summed E-state index contributed by atoms with van der Waals surface area (Å²) in [7, 11) is 0. The van der Waals surface area contributed by atoms with Crippen LogP contribution in [-0.4, -0.2) is 22.7 Å². The number of hydrogen-bond donors (Lipinski definition) is 1. The van der Waals surface area contributed by atoms with Gasteiger partial charge < -0.3 is 9.84 Å². The van der Waals surface area contributed by atoms with E-state index in [-0.39, 0.29) is 5.56 Å². The fourth-order valence-electron chi connectivity index (χ4n) is 1.57. The Morgan fingerprint density at radius 2 is 2.32 bits per heavy atom. The van der Waals surface area contributed by atoms with Crippen LogP contribution in [0.3, 0.4) is 0 Å². The molecule has 100 valence electrons. The molecule has 6 heteroatoms. The molecular weight excluding hydrogens is 377 g/mol. The molecule has 1 heterocycles. The summed E-state index contributed by atoms with van der Waals surface area (Å²) in [6.07, 6.45) is 0.782. The van der Waals surface area contributed by atoms with Crippen molar-refractivity contribution in [2.75, 3.05) is 6.61 Å². The molecule has 0 saturated carbocycles. The molecule has 4 nitrogen and oxygen atoms in total. The maximum Gasteiger partial charge on any atom is 0.335 e. The zero-order valence-corrected chi connectivity index (χ0v) is 13.2. The number of hydrogen-bond acceptors (Lipinski definition) is 4. The Morgan fingerprint density at radius 3 is 2.95 bits per heavy atom. The van der Waals surface area contributed by atoms with Gasteiger partial charge in [-0.3, -0.25) is 0 Å². The molecule has 19 heavy (non-hydrogen) atoms. The minimum atomic E-state index is -0.945. The topological polar surface area (TPSA) is 59.4 Å². The van der Waals surface area contributed by atoms with Crippen molar-refractivity contribution in [1.82, 2.24) is 4.98 Å². The van der Waals surface area contributed by atoms with E-state index in [4.69, 9.17) is 9.84 Å². The SMILES string of the molecule is Cc1ncsc1CCOc1cc(C(=O)O)ccc1I. The van der Waals surface area contributed by atoms with Crippen LogP contribution < -0.4 is 4.74 Å². The monoisotopic (exact) mass is 389 g/mol. The summed E-state index contributed by atoms with van der Waals surface area (Å²) in [5, 5.41) is 8.95. The minimum absolute atomic E-state index is 0.240. The van der Waals surface area contributed by atoms with Gasteiger partial charge >= 0.3 is 5.97 Å². The molecule has 0 unspecified atom stereocenters. The number of thiazole rings is 1. The molecule has 0 spiro atoms. The van der Waals surface area contributed by atoms with Gasteiger partial charge in [-0.25, -0.2) is 9.78 Å². The lowest BCUT2D eigenvalue weighted by Gasteiger charge is -2.08. The van der Waals surface area contributed by atoms with Gasteiger partial charge in [0.15, 0.2) is 0 Å². The summed E-state index contributed by atoms with van der Waals surface area (Å²) in [5.41, 5.74) is 3.09. The maximum absolute atomic E-state index is 10.9. The molecule has 0 saturated heterocycles. The molecule has 0 aliphatic rings. The molecule has 0 aliphatic carbocycles. The number of halogens is 1. The number of benzene rings is 1. The highest BCUT2D eigenvalue weighted by Crippen LogP contribution is 2.23. The average molecular weight is 389 g/mol. The van der Waals surface area contributed by atoms with Crippen molar-refractivity contribution in [3.05, 3.63) is 43.4 Å². The third-order valence-corrected chi connectivity index (χ3v) is 4.50. The smallest absolute Gasteiger partial charge is 0.335 e. The predicted octanol–water partition coefficient (Wildman–Crippen LogP) is 3.38. The zero-order chi connectivity index (χ0) is 13.8. The summed E-state index contributed by atoms with van der Waals surface area (Å²) in [4.78, 5) is 16.3. The number of rotatable bonds is 5.